The molecule has 0 aliphatic carbocycles. The van der Waals surface area contributed by atoms with Crippen molar-refractivity contribution in [2.45, 2.75) is 0 Å². The highest BCUT2D eigenvalue weighted by Gasteiger charge is 2.48. The summed E-state index contributed by atoms with van der Waals surface area (Å²) in [7, 11) is -2.45. The van der Waals surface area contributed by atoms with E-state index in [0.29, 0.717) is 22.4 Å². The van der Waals surface area contributed by atoms with E-state index in [2.05, 4.69) is 36.4 Å². The first-order valence-electron chi connectivity index (χ1n) is 12.8. The maximum atomic E-state index is 14.4. The Labute approximate surface area is 227 Å². The van der Waals surface area contributed by atoms with Crippen LogP contribution in [0.5, 0.6) is 0 Å². The van der Waals surface area contributed by atoms with Gasteiger partial charge in [-0.05, 0) is 60.7 Å². The van der Waals surface area contributed by atoms with Gasteiger partial charge in [-0.15, -0.1) is 0 Å². The Bertz CT molecular complexity index is 1550. The molecule has 39 heavy (non-hydrogen) atoms. The van der Waals surface area contributed by atoms with E-state index in [0.717, 1.165) is 20.8 Å². The largest absolute Gasteiger partial charge is 0.290 e. The average Bonchev–Trinajstić information content (AvgIpc) is 3.26. The van der Waals surface area contributed by atoms with Crippen LogP contribution in [0.3, 0.4) is 0 Å². The molecule has 0 fully saturated rings. The Morgan fingerprint density at radius 1 is 0.513 bits per heavy atom. The molecule has 6 rings (SSSR count). The number of rotatable bonds is 7. The van der Waals surface area contributed by atoms with Crippen LogP contribution in [0, 0.1) is 0 Å². The first-order valence-corrected chi connectivity index (χ1v) is 14.7. The van der Waals surface area contributed by atoms with Crippen molar-refractivity contribution in [2.24, 2.45) is 0 Å². The van der Waals surface area contributed by atoms with Crippen molar-refractivity contribution in [3.8, 4) is 0 Å². The number of para-hydroxylation sites is 1. The molecule has 5 aromatic rings. The number of amides is 2. The van der Waals surface area contributed by atoms with Gasteiger partial charge in [0, 0.05) is 5.56 Å². The van der Waals surface area contributed by atoms with Gasteiger partial charge in [0.15, 0.2) is 0 Å². The standard InChI is InChI=1S/C34H25NO3P/c36-32(30-22-12-13-23-31(30)35-33(37)28-20-10-11-21-29(28)34(35)38)24-39(25-14-4-1-5-15-25,26-16-6-2-7-17-26)27-18-8-3-9-19-27/h1-23H,24H2/q+1. The molecule has 0 aromatic heterocycles. The van der Waals surface area contributed by atoms with Gasteiger partial charge in [0.25, 0.3) is 11.8 Å². The van der Waals surface area contributed by atoms with Crippen LogP contribution in [-0.4, -0.2) is 23.8 Å². The van der Waals surface area contributed by atoms with Gasteiger partial charge < -0.3 is 0 Å². The Balaban J connectivity index is 1.50. The van der Waals surface area contributed by atoms with E-state index in [9.17, 15) is 14.4 Å². The van der Waals surface area contributed by atoms with E-state index in [-0.39, 0.29) is 11.9 Å². The summed E-state index contributed by atoms with van der Waals surface area (Å²) in [6, 6.07) is 44.3. The Kier molecular flexibility index (Phi) is 6.48. The number of anilines is 1. The third-order valence-corrected chi connectivity index (χ3v) is 11.5. The van der Waals surface area contributed by atoms with Crippen molar-refractivity contribution < 1.29 is 14.4 Å². The highest BCUT2D eigenvalue weighted by molar-refractivity contribution is 7.96. The predicted molar refractivity (Wildman–Crippen MR) is 158 cm³/mol. The molecular weight excluding hydrogens is 501 g/mol. The van der Waals surface area contributed by atoms with Gasteiger partial charge in [0.1, 0.15) is 29.3 Å². The number of carbonyl (C=O) groups is 3. The maximum Gasteiger partial charge on any atom is 0.266 e. The molecule has 0 spiro atoms. The second-order valence-electron chi connectivity index (χ2n) is 9.41. The predicted octanol–water partition coefficient (Wildman–Crippen LogP) is 5.66. The number of carbonyl (C=O) groups excluding carboxylic acids is 3. The van der Waals surface area contributed by atoms with Gasteiger partial charge in [-0.3, -0.25) is 14.4 Å². The summed E-state index contributed by atoms with van der Waals surface area (Å²) in [5.41, 5.74) is 1.38. The van der Waals surface area contributed by atoms with Gasteiger partial charge in [0.2, 0.25) is 5.78 Å². The zero-order valence-corrected chi connectivity index (χ0v) is 22.0. The molecule has 2 amide bonds. The van der Waals surface area contributed by atoms with E-state index in [1.54, 1.807) is 48.5 Å². The second kappa shape index (κ2) is 10.2. The van der Waals surface area contributed by atoms with Gasteiger partial charge in [0.05, 0.1) is 16.8 Å². The molecular formula is C34H25NO3P+. The lowest BCUT2D eigenvalue weighted by Crippen LogP contribution is -2.36. The van der Waals surface area contributed by atoms with Crippen LogP contribution in [0.2, 0.25) is 0 Å². The number of ketones is 1. The first kappa shape index (κ1) is 24.7. The third-order valence-electron chi connectivity index (χ3n) is 7.21. The van der Waals surface area contributed by atoms with Crippen molar-refractivity contribution in [1.82, 2.24) is 0 Å². The zero-order chi connectivity index (χ0) is 26.8. The molecule has 1 heterocycles. The van der Waals surface area contributed by atoms with Crippen molar-refractivity contribution in [3.63, 3.8) is 0 Å². The lowest BCUT2D eigenvalue weighted by molar-refractivity contribution is 0.0926. The molecule has 1 aliphatic heterocycles. The number of benzene rings is 5. The van der Waals surface area contributed by atoms with Crippen LogP contribution in [0.25, 0.3) is 0 Å². The molecule has 5 aromatic carbocycles. The second-order valence-corrected chi connectivity index (χ2v) is 12.9. The highest BCUT2D eigenvalue weighted by atomic mass is 31.2. The fourth-order valence-electron chi connectivity index (χ4n) is 5.38. The molecule has 0 saturated heterocycles. The summed E-state index contributed by atoms with van der Waals surface area (Å²) in [6.45, 7) is 0. The van der Waals surface area contributed by atoms with Crippen molar-refractivity contribution >= 4 is 46.5 Å². The van der Waals surface area contributed by atoms with Crippen molar-refractivity contribution in [1.29, 1.82) is 0 Å². The van der Waals surface area contributed by atoms with Crippen LogP contribution in [0.1, 0.15) is 31.1 Å². The summed E-state index contributed by atoms with van der Waals surface area (Å²) >= 11 is 0. The molecule has 4 nitrogen and oxygen atoms in total. The molecule has 0 radical (unpaired) electrons. The van der Waals surface area contributed by atoms with E-state index in [1.807, 2.05) is 54.6 Å². The quantitative estimate of drug-likeness (QED) is 0.156. The van der Waals surface area contributed by atoms with Crippen LogP contribution in [0.4, 0.5) is 5.69 Å². The van der Waals surface area contributed by atoms with Gasteiger partial charge >= 0.3 is 0 Å². The van der Waals surface area contributed by atoms with Crippen molar-refractivity contribution in [3.05, 3.63) is 156 Å². The summed E-state index contributed by atoms with van der Waals surface area (Å²) in [5, 5.41) is 3.27. The SMILES string of the molecule is O=C(C[P+](c1ccccc1)(c1ccccc1)c1ccccc1)c1ccccc1N1C(=O)c2ccccc2C1=O. The Morgan fingerprint density at radius 3 is 1.36 bits per heavy atom. The fraction of sp³-hybridized carbons (Fsp3) is 0.0294. The normalized spacial score (nSPS) is 12.9. The summed E-state index contributed by atoms with van der Waals surface area (Å²) in [4.78, 5) is 42.2. The van der Waals surface area contributed by atoms with Gasteiger partial charge in [-0.2, -0.15) is 0 Å². The first-order chi connectivity index (χ1) is 19.1. The number of nitrogens with zero attached hydrogens (tertiary/aromatic N) is 1. The smallest absolute Gasteiger partial charge is 0.266 e. The van der Waals surface area contributed by atoms with Gasteiger partial charge in [-0.1, -0.05) is 78.9 Å². The van der Waals surface area contributed by atoms with E-state index in [4.69, 9.17) is 0 Å². The lowest BCUT2D eigenvalue weighted by atomic mass is 10.1. The minimum atomic E-state index is -2.45. The zero-order valence-electron chi connectivity index (χ0n) is 21.1. The monoisotopic (exact) mass is 526 g/mol. The minimum Gasteiger partial charge on any atom is -0.290 e. The van der Waals surface area contributed by atoms with E-state index < -0.39 is 19.1 Å². The number of imide groups is 1. The summed E-state index contributed by atoms with van der Waals surface area (Å²) in [6.07, 6.45) is 0.214. The number of Topliss-reactive ketones (excluding diaryl/α,β-unsaturated/α-hetero) is 1. The van der Waals surface area contributed by atoms with Crippen LogP contribution in [0.15, 0.2) is 140 Å². The van der Waals surface area contributed by atoms with Crippen LogP contribution >= 0.6 is 7.26 Å². The fourth-order valence-corrected chi connectivity index (χ4v) is 9.47. The average molecular weight is 527 g/mol. The van der Waals surface area contributed by atoms with Crippen LogP contribution in [-0.2, 0) is 0 Å². The molecule has 5 heteroatoms. The Hall–Kier alpha value is -4.66. The van der Waals surface area contributed by atoms with Crippen LogP contribution < -0.4 is 20.8 Å². The molecule has 188 valence electrons. The molecule has 0 saturated carbocycles. The van der Waals surface area contributed by atoms with Crippen molar-refractivity contribution in [2.75, 3.05) is 11.1 Å². The van der Waals surface area contributed by atoms with Gasteiger partial charge in [-0.25, -0.2) is 4.90 Å². The number of hydrogen-bond donors (Lipinski definition) is 0. The Morgan fingerprint density at radius 2 is 0.897 bits per heavy atom. The molecule has 0 atom stereocenters. The highest BCUT2D eigenvalue weighted by Crippen LogP contribution is 2.55. The van der Waals surface area contributed by atoms with E-state index >= 15 is 0 Å². The molecule has 1 aliphatic rings. The number of fused-ring (bicyclic) bond motifs is 1. The lowest BCUT2D eigenvalue weighted by Gasteiger charge is -2.27. The van der Waals surface area contributed by atoms with E-state index in [1.165, 1.54) is 0 Å². The number of hydrogen-bond acceptors (Lipinski definition) is 3. The summed E-state index contributed by atoms with van der Waals surface area (Å²) < 4.78 is 0. The maximum absolute atomic E-state index is 14.4. The molecule has 0 unspecified atom stereocenters. The molecule has 0 N–H and O–H groups in total. The molecule has 0 bridgehead atoms. The minimum absolute atomic E-state index is 0.118. The topological polar surface area (TPSA) is 54.5 Å². The third kappa shape index (κ3) is 4.20. The summed E-state index contributed by atoms with van der Waals surface area (Å²) in [5.74, 6) is -0.941.